The van der Waals surface area contributed by atoms with Crippen LogP contribution in [-0.2, 0) is 9.53 Å². The number of carbonyl (C=O) groups is 1. The molecular weight excluding hydrogens is 301 g/mol. The van der Waals surface area contributed by atoms with Gasteiger partial charge in [-0.05, 0) is 30.7 Å². The summed E-state index contributed by atoms with van der Waals surface area (Å²) in [5.41, 5.74) is 1.35. The van der Waals surface area contributed by atoms with E-state index in [-0.39, 0.29) is 17.0 Å². The number of nitrogens with zero attached hydrogens (tertiary/aromatic N) is 1. The van der Waals surface area contributed by atoms with Gasteiger partial charge in [0, 0.05) is 10.0 Å². The highest BCUT2D eigenvalue weighted by molar-refractivity contribution is 6.35. The largest absolute Gasteiger partial charge is 0.505 e. The first-order valence-electron chi connectivity index (χ1n) is 5.68. The van der Waals surface area contributed by atoms with E-state index in [2.05, 4.69) is 9.73 Å². The third kappa shape index (κ3) is 2.71. The molecule has 0 saturated heterocycles. The van der Waals surface area contributed by atoms with Crippen LogP contribution in [0.3, 0.4) is 0 Å². The molecule has 104 valence electrons. The Hall–Kier alpha value is -1.78. The van der Waals surface area contributed by atoms with Gasteiger partial charge in [-0.3, -0.25) is 0 Å². The lowest BCUT2D eigenvalue weighted by Crippen LogP contribution is -2.11. The van der Waals surface area contributed by atoms with Crippen molar-refractivity contribution in [3.63, 3.8) is 0 Å². The van der Waals surface area contributed by atoms with Crippen LogP contribution in [0.4, 0.5) is 0 Å². The molecule has 0 fully saturated rings. The van der Waals surface area contributed by atoms with Crippen LogP contribution in [0.25, 0.3) is 6.08 Å². The average molecular weight is 312 g/mol. The Morgan fingerprint density at radius 3 is 2.70 bits per heavy atom. The number of carbonyl (C=O) groups excluding carboxylic acids is 1. The topological polar surface area (TPSA) is 58.9 Å². The van der Waals surface area contributed by atoms with Crippen LogP contribution < -0.4 is 0 Å². The number of aliphatic hydroxyl groups excluding tert-OH is 1. The molecule has 6 heteroatoms. The molecule has 0 aliphatic carbocycles. The van der Waals surface area contributed by atoms with Gasteiger partial charge in [0.15, 0.2) is 5.76 Å². The van der Waals surface area contributed by atoms with E-state index in [0.29, 0.717) is 21.3 Å². The first-order valence-corrected chi connectivity index (χ1v) is 6.44. The maximum atomic E-state index is 11.6. The summed E-state index contributed by atoms with van der Waals surface area (Å²) in [6, 6.07) is 4.96. The molecule has 1 N–H and O–H groups in total. The minimum absolute atomic E-state index is 0.0591. The van der Waals surface area contributed by atoms with Crippen molar-refractivity contribution < 1.29 is 14.6 Å². The lowest BCUT2D eigenvalue weighted by molar-refractivity contribution is -0.135. The average Bonchev–Trinajstić information content (AvgIpc) is 2.67. The number of esters is 1. The van der Waals surface area contributed by atoms with Crippen molar-refractivity contribution in [2.75, 3.05) is 7.11 Å². The molecule has 1 aromatic rings. The fraction of sp³-hybridized carbons (Fsp3) is 0.143. The van der Waals surface area contributed by atoms with Gasteiger partial charge in [-0.25, -0.2) is 9.79 Å². The zero-order chi connectivity index (χ0) is 14.9. The summed E-state index contributed by atoms with van der Waals surface area (Å²) < 4.78 is 4.60. The maximum absolute atomic E-state index is 11.6. The fourth-order valence-electron chi connectivity index (χ4n) is 1.80. The maximum Gasteiger partial charge on any atom is 0.343 e. The molecule has 1 heterocycles. The molecule has 1 aliphatic rings. The summed E-state index contributed by atoms with van der Waals surface area (Å²) in [6.45, 7) is 1.62. The molecule has 0 amide bonds. The van der Waals surface area contributed by atoms with Crippen LogP contribution in [0.2, 0.25) is 10.0 Å². The van der Waals surface area contributed by atoms with Crippen LogP contribution in [0.15, 0.2) is 40.2 Å². The number of aliphatic imine (C=N–C) groups is 1. The minimum atomic E-state index is -0.630. The van der Waals surface area contributed by atoms with Crippen molar-refractivity contribution >= 4 is 41.0 Å². The van der Waals surface area contributed by atoms with E-state index in [9.17, 15) is 9.90 Å². The summed E-state index contributed by atoms with van der Waals surface area (Å²) >= 11 is 11.9. The zero-order valence-corrected chi connectivity index (χ0v) is 12.3. The third-order valence-electron chi connectivity index (χ3n) is 2.77. The molecule has 20 heavy (non-hydrogen) atoms. The van der Waals surface area contributed by atoms with E-state index in [1.54, 1.807) is 31.2 Å². The van der Waals surface area contributed by atoms with Crippen LogP contribution in [-0.4, -0.2) is 23.9 Å². The minimum Gasteiger partial charge on any atom is -0.505 e. The summed E-state index contributed by atoms with van der Waals surface area (Å²) in [6.07, 6.45) is 1.58. The second-order valence-electron chi connectivity index (χ2n) is 4.11. The Kier molecular flexibility index (Phi) is 4.16. The lowest BCUT2D eigenvalue weighted by atomic mass is 10.1. The Balaban J connectivity index is 2.47. The van der Waals surface area contributed by atoms with Gasteiger partial charge < -0.3 is 9.84 Å². The standard InChI is InChI=1S/C14H11Cl2NO3/c1-7-12(14(19)20-2)13(18)11(17-7)5-8-3-4-9(15)6-10(8)16/h3-6,18H,1-2H3. The first-order chi connectivity index (χ1) is 9.43. The van der Waals surface area contributed by atoms with E-state index in [1.807, 2.05) is 0 Å². The second kappa shape index (κ2) is 5.69. The monoisotopic (exact) mass is 311 g/mol. The van der Waals surface area contributed by atoms with Crippen molar-refractivity contribution in [2.45, 2.75) is 6.92 Å². The number of aliphatic hydroxyl groups is 1. The summed E-state index contributed by atoms with van der Waals surface area (Å²) in [7, 11) is 1.24. The lowest BCUT2D eigenvalue weighted by Gasteiger charge is -2.02. The highest BCUT2D eigenvalue weighted by atomic mass is 35.5. The Labute approximate surface area is 126 Å². The van der Waals surface area contributed by atoms with E-state index < -0.39 is 5.97 Å². The van der Waals surface area contributed by atoms with Crippen molar-refractivity contribution in [1.29, 1.82) is 0 Å². The molecule has 0 saturated carbocycles. The smallest absolute Gasteiger partial charge is 0.343 e. The molecule has 0 radical (unpaired) electrons. The van der Waals surface area contributed by atoms with Crippen molar-refractivity contribution in [1.82, 2.24) is 0 Å². The normalized spacial score (nSPS) is 16.6. The molecule has 1 aromatic carbocycles. The quantitative estimate of drug-likeness (QED) is 0.845. The van der Waals surface area contributed by atoms with Crippen LogP contribution >= 0.6 is 23.2 Å². The summed E-state index contributed by atoms with van der Waals surface area (Å²) in [4.78, 5) is 15.7. The van der Waals surface area contributed by atoms with Crippen LogP contribution in [0.5, 0.6) is 0 Å². The van der Waals surface area contributed by atoms with Gasteiger partial charge in [0.2, 0.25) is 0 Å². The zero-order valence-electron chi connectivity index (χ0n) is 10.8. The Bertz CT molecular complexity index is 675. The number of hydrogen-bond acceptors (Lipinski definition) is 4. The predicted molar refractivity (Wildman–Crippen MR) is 79.2 cm³/mol. The molecule has 0 aromatic heterocycles. The molecule has 2 rings (SSSR count). The van der Waals surface area contributed by atoms with Gasteiger partial charge in [-0.1, -0.05) is 29.3 Å². The predicted octanol–water partition coefficient (Wildman–Crippen LogP) is 3.79. The SMILES string of the molecule is COC(=O)C1=C(O)C(=Cc2ccc(Cl)cc2Cl)N=C1C. The number of halogens is 2. The highest BCUT2D eigenvalue weighted by Gasteiger charge is 2.27. The molecule has 0 unspecified atom stereocenters. The fourth-order valence-corrected chi connectivity index (χ4v) is 2.26. The van der Waals surface area contributed by atoms with Gasteiger partial charge in [0.25, 0.3) is 0 Å². The Morgan fingerprint density at radius 1 is 1.40 bits per heavy atom. The van der Waals surface area contributed by atoms with Gasteiger partial charge >= 0.3 is 5.97 Å². The molecule has 0 atom stereocenters. The number of benzene rings is 1. The van der Waals surface area contributed by atoms with Crippen molar-refractivity contribution in [3.05, 3.63) is 50.8 Å². The molecular formula is C14H11Cl2NO3. The number of rotatable bonds is 2. The number of methoxy groups -OCH3 is 1. The van der Waals surface area contributed by atoms with Gasteiger partial charge in [-0.15, -0.1) is 0 Å². The molecule has 1 aliphatic heterocycles. The summed E-state index contributed by atoms with van der Waals surface area (Å²) in [5.74, 6) is -0.852. The van der Waals surface area contributed by atoms with E-state index in [1.165, 1.54) is 7.11 Å². The number of ether oxygens (including phenoxy) is 1. The van der Waals surface area contributed by atoms with E-state index in [0.717, 1.165) is 0 Å². The second-order valence-corrected chi connectivity index (χ2v) is 4.95. The van der Waals surface area contributed by atoms with E-state index >= 15 is 0 Å². The Morgan fingerprint density at radius 2 is 2.10 bits per heavy atom. The molecule has 4 nitrogen and oxygen atoms in total. The van der Waals surface area contributed by atoms with Crippen LogP contribution in [0.1, 0.15) is 12.5 Å². The summed E-state index contributed by atoms with van der Waals surface area (Å²) in [5, 5.41) is 11.0. The first kappa shape index (κ1) is 14.6. The molecule has 0 spiro atoms. The van der Waals surface area contributed by atoms with Crippen molar-refractivity contribution in [3.8, 4) is 0 Å². The van der Waals surface area contributed by atoms with Gasteiger partial charge in [-0.2, -0.15) is 0 Å². The van der Waals surface area contributed by atoms with Crippen molar-refractivity contribution in [2.24, 2.45) is 4.99 Å². The highest BCUT2D eigenvalue weighted by Crippen LogP contribution is 2.29. The van der Waals surface area contributed by atoms with Crippen LogP contribution in [0, 0.1) is 0 Å². The third-order valence-corrected chi connectivity index (χ3v) is 3.34. The number of hydrogen-bond donors (Lipinski definition) is 1. The van der Waals surface area contributed by atoms with Gasteiger partial charge in [0.05, 0.1) is 12.8 Å². The molecule has 0 bridgehead atoms. The van der Waals surface area contributed by atoms with E-state index in [4.69, 9.17) is 23.2 Å². The van der Waals surface area contributed by atoms with Gasteiger partial charge in [0.1, 0.15) is 11.3 Å².